The predicted molar refractivity (Wildman–Crippen MR) is 78.3 cm³/mol. The van der Waals surface area contributed by atoms with Gasteiger partial charge >= 0.3 is 0 Å². The maximum absolute atomic E-state index is 4.43. The molecule has 0 amide bonds. The van der Waals surface area contributed by atoms with Crippen LogP contribution in [-0.2, 0) is 6.54 Å². The Hall–Kier alpha value is -1.62. The van der Waals surface area contributed by atoms with Gasteiger partial charge in [-0.05, 0) is 51.8 Å². The topological polar surface area (TPSA) is 49.7 Å². The molecule has 0 saturated carbocycles. The molecule has 1 fully saturated rings. The molecule has 2 aromatic rings. The SMILES string of the molecule is Cc1cn[nH]c1C1CCCN1Cc1ccnn1C(C)C. The van der Waals surface area contributed by atoms with Gasteiger partial charge in [-0.1, -0.05) is 0 Å². The van der Waals surface area contributed by atoms with Gasteiger partial charge in [0, 0.05) is 18.8 Å². The van der Waals surface area contributed by atoms with Crippen LogP contribution in [0.4, 0.5) is 0 Å². The lowest BCUT2D eigenvalue weighted by Gasteiger charge is -2.25. The zero-order valence-electron chi connectivity index (χ0n) is 12.5. The molecule has 0 radical (unpaired) electrons. The van der Waals surface area contributed by atoms with E-state index in [0.29, 0.717) is 12.1 Å². The highest BCUT2D eigenvalue weighted by Gasteiger charge is 2.29. The largest absolute Gasteiger partial charge is 0.289 e. The van der Waals surface area contributed by atoms with Crippen molar-refractivity contribution in [1.82, 2.24) is 24.9 Å². The van der Waals surface area contributed by atoms with Crippen LogP contribution >= 0.6 is 0 Å². The van der Waals surface area contributed by atoms with Gasteiger partial charge in [-0.2, -0.15) is 10.2 Å². The summed E-state index contributed by atoms with van der Waals surface area (Å²) >= 11 is 0. The van der Waals surface area contributed by atoms with E-state index in [1.807, 2.05) is 12.4 Å². The number of nitrogens with zero attached hydrogens (tertiary/aromatic N) is 4. The van der Waals surface area contributed by atoms with Crippen LogP contribution in [0.2, 0.25) is 0 Å². The van der Waals surface area contributed by atoms with Gasteiger partial charge in [-0.15, -0.1) is 0 Å². The molecule has 0 bridgehead atoms. The fourth-order valence-corrected chi connectivity index (χ4v) is 3.18. The molecule has 5 heteroatoms. The maximum atomic E-state index is 4.43. The van der Waals surface area contributed by atoms with E-state index in [9.17, 15) is 0 Å². The Balaban J connectivity index is 1.80. The van der Waals surface area contributed by atoms with E-state index in [0.717, 1.165) is 13.1 Å². The van der Waals surface area contributed by atoms with E-state index in [4.69, 9.17) is 0 Å². The maximum Gasteiger partial charge on any atom is 0.0553 e. The van der Waals surface area contributed by atoms with Crippen molar-refractivity contribution in [3.63, 3.8) is 0 Å². The molecule has 1 aliphatic heterocycles. The molecule has 1 N–H and O–H groups in total. The normalized spacial score (nSPS) is 20.1. The van der Waals surface area contributed by atoms with E-state index >= 15 is 0 Å². The molecule has 1 aliphatic rings. The van der Waals surface area contributed by atoms with Crippen molar-refractivity contribution in [2.75, 3.05) is 6.54 Å². The molecule has 20 heavy (non-hydrogen) atoms. The van der Waals surface area contributed by atoms with Gasteiger partial charge in [0.15, 0.2) is 0 Å². The summed E-state index contributed by atoms with van der Waals surface area (Å²) < 4.78 is 2.12. The summed E-state index contributed by atoms with van der Waals surface area (Å²) in [7, 11) is 0. The second kappa shape index (κ2) is 5.40. The van der Waals surface area contributed by atoms with Crippen LogP contribution in [-0.4, -0.2) is 31.4 Å². The first-order chi connectivity index (χ1) is 9.66. The van der Waals surface area contributed by atoms with Crippen LogP contribution in [0.3, 0.4) is 0 Å². The Morgan fingerprint density at radius 3 is 3.00 bits per heavy atom. The minimum Gasteiger partial charge on any atom is -0.289 e. The second-order valence-electron chi connectivity index (χ2n) is 5.96. The minimum absolute atomic E-state index is 0.412. The van der Waals surface area contributed by atoms with Gasteiger partial charge < -0.3 is 0 Å². The summed E-state index contributed by atoms with van der Waals surface area (Å²) in [6.07, 6.45) is 6.28. The van der Waals surface area contributed by atoms with E-state index in [2.05, 4.69) is 51.7 Å². The lowest BCUT2D eigenvalue weighted by molar-refractivity contribution is 0.234. The fraction of sp³-hybridized carbons (Fsp3) is 0.600. The summed E-state index contributed by atoms with van der Waals surface area (Å²) in [5.74, 6) is 0. The highest BCUT2D eigenvalue weighted by molar-refractivity contribution is 5.19. The van der Waals surface area contributed by atoms with Crippen molar-refractivity contribution in [2.45, 2.75) is 52.2 Å². The summed E-state index contributed by atoms with van der Waals surface area (Å²) in [4.78, 5) is 2.54. The van der Waals surface area contributed by atoms with Crippen LogP contribution < -0.4 is 0 Å². The highest BCUT2D eigenvalue weighted by Crippen LogP contribution is 2.33. The standard InChI is InChI=1S/C15H23N5/c1-11(2)20-13(6-7-17-20)10-19-8-4-5-14(19)15-12(3)9-16-18-15/h6-7,9,11,14H,4-5,8,10H2,1-3H3,(H,16,18). The number of aromatic nitrogens is 4. The first-order valence-electron chi connectivity index (χ1n) is 7.43. The molecule has 1 saturated heterocycles. The first kappa shape index (κ1) is 13.4. The quantitative estimate of drug-likeness (QED) is 0.932. The third kappa shape index (κ3) is 2.38. The fourth-order valence-electron chi connectivity index (χ4n) is 3.18. The first-order valence-corrected chi connectivity index (χ1v) is 7.43. The van der Waals surface area contributed by atoms with Gasteiger partial charge in [-0.3, -0.25) is 14.7 Å². The number of rotatable bonds is 4. The summed E-state index contributed by atoms with van der Waals surface area (Å²) in [6, 6.07) is 3.01. The third-order valence-electron chi connectivity index (χ3n) is 4.17. The highest BCUT2D eigenvalue weighted by atomic mass is 15.3. The molecular weight excluding hydrogens is 250 g/mol. The number of likely N-dealkylation sites (tertiary alicyclic amines) is 1. The summed E-state index contributed by atoms with van der Waals surface area (Å²) in [6.45, 7) is 8.59. The second-order valence-corrected chi connectivity index (χ2v) is 5.96. The van der Waals surface area contributed by atoms with Gasteiger partial charge in [0.25, 0.3) is 0 Å². The van der Waals surface area contributed by atoms with Crippen molar-refractivity contribution in [3.05, 3.63) is 35.4 Å². The average Bonchev–Trinajstić information content (AvgIpc) is 3.10. The summed E-state index contributed by atoms with van der Waals surface area (Å²) in [5, 5.41) is 11.8. The molecule has 108 valence electrons. The monoisotopic (exact) mass is 273 g/mol. The van der Waals surface area contributed by atoms with Gasteiger partial charge in [0.2, 0.25) is 0 Å². The Morgan fingerprint density at radius 2 is 2.30 bits per heavy atom. The predicted octanol–water partition coefficient (Wildman–Crippen LogP) is 2.83. The minimum atomic E-state index is 0.412. The molecule has 5 nitrogen and oxygen atoms in total. The van der Waals surface area contributed by atoms with Crippen LogP contribution in [0.25, 0.3) is 0 Å². The lowest BCUT2D eigenvalue weighted by Crippen LogP contribution is -2.25. The van der Waals surface area contributed by atoms with Crippen LogP contribution in [0.15, 0.2) is 18.5 Å². The van der Waals surface area contributed by atoms with Gasteiger partial charge in [0.05, 0.1) is 23.6 Å². The molecule has 0 aliphatic carbocycles. The zero-order valence-corrected chi connectivity index (χ0v) is 12.5. The van der Waals surface area contributed by atoms with Crippen molar-refractivity contribution in [2.24, 2.45) is 0 Å². The molecule has 1 unspecified atom stereocenters. The van der Waals surface area contributed by atoms with Gasteiger partial charge in [0.1, 0.15) is 0 Å². The van der Waals surface area contributed by atoms with E-state index in [1.54, 1.807) is 0 Å². The molecular formula is C15H23N5. The zero-order chi connectivity index (χ0) is 14.1. The lowest BCUT2D eigenvalue weighted by atomic mass is 10.1. The van der Waals surface area contributed by atoms with Crippen LogP contribution in [0, 0.1) is 6.92 Å². The smallest absolute Gasteiger partial charge is 0.0553 e. The number of H-pyrrole nitrogens is 1. The molecule has 0 aromatic carbocycles. The van der Waals surface area contributed by atoms with Crippen LogP contribution in [0.5, 0.6) is 0 Å². The Bertz CT molecular complexity index is 568. The van der Waals surface area contributed by atoms with E-state index in [-0.39, 0.29) is 0 Å². The van der Waals surface area contributed by atoms with E-state index in [1.165, 1.54) is 29.8 Å². The van der Waals surface area contributed by atoms with Crippen LogP contribution in [0.1, 0.15) is 55.7 Å². The summed E-state index contributed by atoms with van der Waals surface area (Å²) in [5.41, 5.74) is 3.83. The van der Waals surface area contributed by atoms with Gasteiger partial charge in [-0.25, -0.2) is 0 Å². The number of nitrogens with one attached hydrogen (secondary N) is 1. The third-order valence-corrected chi connectivity index (χ3v) is 4.17. The average molecular weight is 273 g/mol. The van der Waals surface area contributed by atoms with Crippen molar-refractivity contribution < 1.29 is 0 Å². The van der Waals surface area contributed by atoms with Crippen molar-refractivity contribution >= 4 is 0 Å². The number of aryl methyl sites for hydroxylation is 1. The molecule has 0 spiro atoms. The van der Waals surface area contributed by atoms with Crippen molar-refractivity contribution in [3.8, 4) is 0 Å². The molecule has 2 aromatic heterocycles. The number of hydrogen-bond acceptors (Lipinski definition) is 3. The Labute approximate surface area is 120 Å². The van der Waals surface area contributed by atoms with Crippen molar-refractivity contribution in [1.29, 1.82) is 0 Å². The Morgan fingerprint density at radius 1 is 1.45 bits per heavy atom. The molecule has 1 atom stereocenters. The molecule has 3 rings (SSSR count). The number of hydrogen-bond donors (Lipinski definition) is 1. The molecule has 3 heterocycles. The van der Waals surface area contributed by atoms with E-state index < -0.39 is 0 Å². The Kier molecular flexibility index (Phi) is 3.61. The number of aromatic amines is 1.